The Morgan fingerprint density at radius 1 is 1.30 bits per heavy atom. The Morgan fingerprint density at radius 3 is 3.04 bits per heavy atom. The van der Waals surface area contributed by atoms with E-state index < -0.39 is 0 Å². The van der Waals surface area contributed by atoms with Crippen molar-refractivity contribution in [3.63, 3.8) is 0 Å². The summed E-state index contributed by atoms with van der Waals surface area (Å²) in [4.78, 5) is 21.0. The second-order valence-electron chi connectivity index (χ2n) is 7.13. The van der Waals surface area contributed by atoms with Crippen molar-refractivity contribution in [1.82, 2.24) is 24.9 Å². The Bertz CT molecular complexity index is 980. The summed E-state index contributed by atoms with van der Waals surface area (Å²) >= 11 is 0. The van der Waals surface area contributed by atoms with Gasteiger partial charge in [-0.05, 0) is 50.8 Å². The van der Waals surface area contributed by atoms with Crippen LogP contribution in [0.1, 0.15) is 35.6 Å². The minimum Gasteiger partial charge on any atom is -0.382 e. The molecule has 27 heavy (non-hydrogen) atoms. The Balaban J connectivity index is 1.29. The van der Waals surface area contributed by atoms with Crippen molar-refractivity contribution in [3.05, 3.63) is 53.1 Å². The van der Waals surface area contributed by atoms with E-state index in [1.165, 1.54) is 11.3 Å². The number of para-hydroxylation sites is 1. The first-order valence-corrected chi connectivity index (χ1v) is 9.39. The maximum Gasteiger partial charge on any atom is 0.252 e. The Labute approximate surface area is 158 Å². The molecule has 0 spiro atoms. The Kier molecular flexibility index (Phi) is 4.75. The van der Waals surface area contributed by atoms with Crippen LogP contribution in [-0.4, -0.2) is 38.1 Å². The van der Waals surface area contributed by atoms with Gasteiger partial charge in [0.1, 0.15) is 0 Å². The number of nitrogens with one attached hydrogen (secondary N) is 2. The van der Waals surface area contributed by atoms with Crippen molar-refractivity contribution in [2.24, 2.45) is 0 Å². The summed E-state index contributed by atoms with van der Waals surface area (Å²) in [6.07, 6.45) is 3.24. The molecule has 1 aliphatic heterocycles. The summed E-state index contributed by atoms with van der Waals surface area (Å²) in [6, 6.07) is 10.7. The topological polar surface area (TPSA) is 84.2 Å². The average Bonchev–Trinajstić information content (AvgIpc) is 3.04. The predicted molar refractivity (Wildman–Crippen MR) is 104 cm³/mol. The smallest absolute Gasteiger partial charge is 0.252 e. The molecule has 7 nitrogen and oxygen atoms in total. The van der Waals surface area contributed by atoms with Gasteiger partial charge in [-0.15, -0.1) is 5.10 Å². The van der Waals surface area contributed by atoms with Gasteiger partial charge < -0.3 is 10.6 Å². The zero-order valence-electron chi connectivity index (χ0n) is 15.7. The van der Waals surface area contributed by atoms with Crippen LogP contribution in [0.15, 0.2) is 30.3 Å². The van der Waals surface area contributed by atoms with Crippen LogP contribution in [0.25, 0.3) is 5.78 Å². The van der Waals surface area contributed by atoms with Gasteiger partial charge in [-0.1, -0.05) is 18.2 Å². The van der Waals surface area contributed by atoms with Crippen molar-refractivity contribution in [2.45, 2.75) is 45.6 Å². The molecule has 3 heterocycles. The molecule has 2 N–H and O–H groups in total. The first-order valence-electron chi connectivity index (χ1n) is 9.39. The van der Waals surface area contributed by atoms with E-state index in [2.05, 4.69) is 50.0 Å². The molecule has 7 heteroatoms. The summed E-state index contributed by atoms with van der Waals surface area (Å²) in [5.41, 5.74) is 4.44. The second kappa shape index (κ2) is 7.34. The zero-order valence-corrected chi connectivity index (χ0v) is 15.7. The molecule has 0 fully saturated rings. The van der Waals surface area contributed by atoms with E-state index in [1.807, 2.05) is 19.9 Å². The second-order valence-corrected chi connectivity index (χ2v) is 7.13. The van der Waals surface area contributed by atoms with Crippen LogP contribution in [0.3, 0.4) is 0 Å². The Morgan fingerprint density at radius 2 is 2.15 bits per heavy atom. The Hall–Kier alpha value is -2.96. The number of aromatic nitrogens is 4. The lowest BCUT2D eigenvalue weighted by atomic mass is 9.96. The molecule has 1 aromatic carbocycles. The number of hydrogen-bond acceptors (Lipinski definition) is 5. The highest BCUT2D eigenvalue weighted by atomic mass is 16.1. The van der Waals surface area contributed by atoms with Gasteiger partial charge in [0, 0.05) is 29.7 Å². The lowest BCUT2D eigenvalue weighted by Crippen LogP contribution is -2.33. The van der Waals surface area contributed by atoms with Crippen molar-refractivity contribution < 1.29 is 4.79 Å². The number of nitrogens with zero attached hydrogens (tertiary/aromatic N) is 4. The summed E-state index contributed by atoms with van der Waals surface area (Å²) < 4.78 is 1.68. The molecule has 0 bridgehead atoms. The van der Waals surface area contributed by atoms with Crippen LogP contribution in [0.2, 0.25) is 0 Å². The molecular formula is C20H24N6O. The van der Waals surface area contributed by atoms with E-state index in [9.17, 15) is 4.79 Å². The standard InChI is InChI=1S/C20H24N6O/c1-13-11-14(2)26-20(22-13)24-18(25-26)12-19(27)21-10-9-16-8-7-15-5-3-4-6-17(15)23-16/h3-6,11,16,23H,7-10,12H2,1-2H3,(H,21,27). The van der Waals surface area contributed by atoms with E-state index in [0.29, 0.717) is 24.2 Å². The van der Waals surface area contributed by atoms with Crippen molar-refractivity contribution in [1.29, 1.82) is 0 Å². The number of fused-ring (bicyclic) bond motifs is 2. The number of aryl methyl sites for hydroxylation is 3. The summed E-state index contributed by atoms with van der Waals surface area (Å²) in [6.45, 7) is 4.52. The molecule has 0 saturated carbocycles. The fourth-order valence-electron chi connectivity index (χ4n) is 3.59. The lowest BCUT2D eigenvalue weighted by molar-refractivity contribution is -0.120. The molecule has 1 aliphatic rings. The van der Waals surface area contributed by atoms with Crippen LogP contribution in [0, 0.1) is 13.8 Å². The van der Waals surface area contributed by atoms with E-state index in [0.717, 1.165) is 30.7 Å². The van der Waals surface area contributed by atoms with Crippen LogP contribution in [0.4, 0.5) is 5.69 Å². The quantitative estimate of drug-likeness (QED) is 0.725. The van der Waals surface area contributed by atoms with Gasteiger partial charge in [0.2, 0.25) is 5.91 Å². The monoisotopic (exact) mass is 364 g/mol. The lowest BCUT2D eigenvalue weighted by Gasteiger charge is -2.27. The number of anilines is 1. The minimum absolute atomic E-state index is 0.0588. The fourth-order valence-corrected chi connectivity index (χ4v) is 3.59. The normalized spacial score (nSPS) is 16.0. The van der Waals surface area contributed by atoms with E-state index in [1.54, 1.807) is 4.52 Å². The van der Waals surface area contributed by atoms with E-state index >= 15 is 0 Å². The maximum atomic E-state index is 12.2. The summed E-state index contributed by atoms with van der Waals surface area (Å²) in [7, 11) is 0. The number of carbonyl (C=O) groups is 1. The van der Waals surface area contributed by atoms with E-state index in [-0.39, 0.29) is 12.3 Å². The van der Waals surface area contributed by atoms with Crippen LogP contribution < -0.4 is 10.6 Å². The molecule has 1 unspecified atom stereocenters. The highest BCUT2D eigenvalue weighted by Crippen LogP contribution is 2.25. The summed E-state index contributed by atoms with van der Waals surface area (Å²) in [5, 5.41) is 10.9. The van der Waals surface area contributed by atoms with Crippen LogP contribution >= 0.6 is 0 Å². The number of benzene rings is 1. The number of amides is 1. The number of carbonyl (C=O) groups excluding carboxylic acids is 1. The molecule has 3 aromatic rings. The molecule has 1 atom stereocenters. The van der Waals surface area contributed by atoms with E-state index in [4.69, 9.17) is 0 Å². The SMILES string of the molecule is Cc1cc(C)n2nc(CC(=O)NCCC3CCc4ccccc4N3)nc2n1. The van der Waals surface area contributed by atoms with Gasteiger partial charge in [0.15, 0.2) is 5.82 Å². The average molecular weight is 364 g/mol. The largest absolute Gasteiger partial charge is 0.382 e. The number of hydrogen-bond donors (Lipinski definition) is 2. The van der Waals surface area contributed by atoms with Gasteiger partial charge in [0.25, 0.3) is 5.78 Å². The van der Waals surface area contributed by atoms with Gasteiger partial charge >= 0.3 is 0 Å². The molecule has 0 radical (unpaired) electrons. The molecule has 2 aromatic heterocycles. The number of rotatable bonds is 5. The fraction of sp³-hybridized carbons (Fsp3) is 0.400. The highest BCUT2D eigenvalue weighted by Gasteiger charge is 2.17. The zero-order chi connectivity index (χ0) is 18.8. The van der Waals surface area contributed by atoms with Gasteiger partial charge in [-0.2, -0.15) is 4.98 Å². The van der Waals surface area contributed by atoms with Crippen molar-refractivity contribution in [2.75, 3.05) is 11.9 Å². The third-order valence-corrected chi connectivity index (χ3v) is 4.93. The van der Waals surface area contributed by atoms with Gasteiger partial charge in [-0.25, -0.2) is 9.50 Å². The van der Waals surface area contributed by atoms with Crippen LogP contribution in [0.5, 0.6) is 0 Å². The third kappa shape index (κ3) is 3.92. The van der Waals surface area contributed by atoms with Gasteiger partial charge in [0.05, 0.1) is 6.42 Å². The first-order chi connectivity index (χ1) is 13.1. The molecular weight excluding hydrogens is 340 g/mol. The maximum absolute atomic E-state index is 12.2. The molecule has 0 saturated heterocycles. The first kappa shape index (κ1) is 17.5. The van der Waals surface area contributed by atoms with Gasteiger partial charge in [-0.3, -0.25) is 4.79 Å². The molecule has 0 aliphatic carbocycles. The highest BCUT2D eigenvalue weighted by molar-refractivity contribution is 5.77. The predicted octanol–water partition coefficient (Wildman–Crippen LogP) is 2.22. The third-order valence-electron chi connectivity index (χ3n) is 4.93. The van der Waals surface area contributed by atoms with Crippen LogP contribution in [-0.2, 0) is 17.6 Å². The molecule has 140 valence electrons. The molecule has 4 rings (SSSR count). The summed E-state index contributed by atoms with van der Waals surface area (Å²) in [5.74, 6) is 0.982. The molecule has 1 amide bonds. The van der Waals surface area contributed by atoms with Crippen molar-refractivity contribution in [3.8, 4) is 0 Å². The van der Waals surface area contributed by atoms with Crippen molar-refractivity contribution >= 4 is 17.4 Å². The minimum atomic E-state index is -0.0588.